The number of halogens is 1. The second kappa shape index (κ2) is 7.40. The quantitative estimate of drug-likeness (QED) is 0.551. The Labute approximate surface area is 191 Å². The lowest BCUT2D eigenvalue weighted by Crippen LogP contribution is -2.33. The number of hydrogen-bond acceptors (Lipinski definition) is 6. The van der Waals surface area contributed by atoms with Crippen molar-refractivity contribution in [3.05, 3.63) is 73.1 Å². The first-order chi connectivity index (χ1) is 14.9. The van der Waals surface area contributed by atoms with Gasteiger partial charge in [-0.25, -0.2) is 0 Å². The van der Waals surface area contributed by atoms with Gasteiger partial charge in [0, 0.05) is 24.0 Å². The SMILES string of the molecule is CC1=NN(c2ccc(Cl)cc2)C(=O)/C1=c1/s/c(=C2\Sc3ccccc3N2C)c(=O)n1C. The van der Waals surface area contributed by atoms with Crippen LogP contribution in [0.3, 0.4) is 0 Å². The Bertz CT molecular complexity index is 1450. The van der Waals surface area contributed by atoms with Crippen molar-refractivity contribution in [1.82, 2.24) is 4.57 Å². The number of hydrazone groups is 1. The topological polar surface area (TPSA) is 57.9 Å². The molecule has 6 nitrogen and oxygen atoms in total. The van der Waals surface area contributed by atoms with Crippen LogP contribution in [0.5, 0.6) is 0 Å². The van der Waals surface area contributed by atoms with E-state index in [4.69, 9.17) is 11.6 Å². The number of rotatable bonds is 1. The summed E-state index contributed by atoms with van der Waals surface area (Å²) >= 11 is 8.86. The van der Waals surface area contributed by atoms with Gasteiger partial charge in [-0.2, -0.15) is 10.1 Å². The molecular formula is C22H17ClN4O2S2. The Kier molecular flexibility index (Phi) is 4.80. The summed E-state index contributed by atoms with van der Waals surface area (Å²) in [6.45, 7) is 1.78. The number of carbonyl (C=O) groups excluding carboxylic acids is 1. The number of benzene rings is 2. The Morgan fingerprint density at radius 3 is 2.42 bits per heavy atom. The van der Waals surface area contributed by atoms with Crippen LogP contribution < -0.4 is 24.7 Å². The summed E-state index contributed by atoms with van der Waals surface area (Å²) in [5, 5.41) is 7.25. The maximum absolute atomic E-state index is 13.2. The molecule has 0 fully saturated rings. The predicted octanol–water partition coefficient (Wildman–Crippen LogP) is 2.98. The molecule has 9 heteroatoms. The third kappa shape index (κ3) is 3.13. The van der Waals surface area contributed by atoms with Gasteiger partial charge in [-0.3, -0.25) is 9.59 Å². The molecular weight excluding hydrogens is 452 g/mol. The zero-order valence-corrected chi connectivity index (χ0v) is 19.3. The highest BCUT2D eigenvalue weighted by Gasteiger charge is 2.31. The summed E-state index contributed by atoms with van der Waals surface area (Å²) in [4.78, 5) is 29.5. The number of para-hydroxylation sites is 1. The zero-order valence-electron chi connectivity index (χ0n) is 16.9. The first kappa shape index (κ1) is 20.1. The minimum Gasteiger partial charge on any atom is -0.337 e. The maximum atomic E-state index is 13.2. The monoisotopic (exact) mass is 468 g/mol. The number of fused-ring (bicyclic) bond motifs is 1. The number of nitrogens with zero attached hydrogens (tertiary/aromatic N) is 4. The van der Waals surface area contributed by atoms with E-state index < -0.39 is 0 Å². The van der Waals surface area contributed by atoms with Crippen LogP contribution >= 0.6 is 34.7 Å². The molecule has 2 aliphatic rings. The Morgan fingerprint density at radius 1 is 1.00 bits per heavy atom. The van der Waals surface area contributed by atoms with Crippen molar-refractivity contribution < 1.29 is 4.79 Å². The second-order valence-corrected chi connectivity index (χ2v) is 9.65. The summed E-state index contributed by atoms with van der Waals surface area (Å²) in [5.41, 5.74) is 2.58. The van der Waals surface area contributed by atoms with E-state index >= 15 is 0 Å². The predicted molar refractivity (Wildman–Crippen MR) is 128 cm³/mol. The number of anilines is 2. The van der Waals surface area contributed by atoms with Gasteiger partial charge in [-0.15, -0.1) is 11.3 Å². The van der Waals surface area contributed by atoms with Gasteiger partial charge >= 0.3 is 0 Å². The summed E-state index contributed by atoms with van der Waals surface area (Å²) in [5.74, 6) is -0.260. The Balaban J connectivity index is 1.68. The van der Waals surface area contributed by atoms with Gasteiger partial charge in [0.15, 0.2) is 0 Å². The molecule has 1 amide bonds. The first-order valence-corrected chi connectivity index (χ1v) is 11.5. The minimum absolute atomic E-state index is 0.125. The standard InChI is InChI=1S/C22H17ClN4O2S2/c1-12-17(19(28)27(24-12)14-10-8-13(23)9-11-14)21-26(3)20(29)18(31-21)22-25(2)15-6-4-5-7-16(15)30-22/h4-11H,1-3H3/b21-17+,22-18-. The van der Waals surface area contributed by atoms with Crippen molar-refractivity contribution >= 4 is 68.3 Å². The fourth-order valence-corrected chi connectivity index (χ4v) is 6.27. The lowest BCUT2D eigenvalue weighted by atomic mass is 10.2. The molecule has 31 heavy (non-hydrogen) atoms. The van der Waals surface area contributed by atoms with Gasteiger partial charge in [0.25, 0.3) is 11.5 Å². The fourth-order valence-electron chi connectivity index (χ4n) is 3.62. The van der Waals surface area contributed by atoms with Crippen LogP contribution in [0.2, 0.25) is 5.02 Å². The van der Waals surface area contributed by atoms with Crippen molar-refractivity contribution in [2.75, 3.05) is 17.0 Å². The van der Waals surface area contributed by atoms with Crippen LogP contribution in [-0.4, -0.2) is 23.2 Å². The number of aromatic nitrogens is 1. The van der Waals surface area contributed by atoms with E-state index in [0.29, 0.717) is 31.2 Å². The molecule has 156 valence electrons. The van der Waals surface area contributed by atoms with Gasteiger partial charge in [0.1, 0.15) is 14.2 Å². The van der Waals surface area contributed by atoms with Crippen molar-refractivity contribution in [1.29, 1.82) is 0 Å². The average Bonchev–Trinajstić information content (AvgIpc) is 3.35. The van der Waals surface area contributed by atoms with Gasteiger partial charge in [0.05, 0.1) is 22.7 Å². The average molecular weight is 469 g/mol. The van der Waals surface area contributed by atoms with Gasteiger partial charge in [-0.05, 0) is 43.3 Å². The van der Waals surface area contributed by atoms with Gasteiger partial charge in [0.2, 0.25) is 0 Å². The van der Waals surface area contributed by atoms with E-state index in [2.05, 4.69) is 5.10 Å². The molecule has 0 aliphatic carbocycles. The van der Waals surface area contributed by atoms with Crippen LogP contribution in [0.4, 0.5) is 11.4 Å². The molecule has 2 aromatic carbocycles. The summed E-state index contributed by atoms with van der Waals surface area (Å²) in [7, 11) is 3.65. The van der Waals surface area contributed by atoms with E-state index in [1.54, 1.807) is 54.6 Å². The number of thiazole rings is 1. The molecule has 0 spiro atoms. The molecule has 0 saturated carbocycles. The molecule has 3 heterocycles. The summed E-state index contributed by atoms with van der Waals surface area (Å²) in [6.07, 6.45) is 0. The van der Waals surface area contributed by atoms with E-state index in [1.165, 1.54) is 16.3 Å². The molecule has 0 bridgehead atoms. The maximum Gasteiger partial charge on any atom is 0.283 e. The Morgan fingerprint density at radius 2 is 1.71 bits per heavy atom. The molecule has 0 unspecified atom stereocenters. The molecule has 2 aliphatic heterocycles. The van der Waals surface area contributed by atoms with Crippen LogP contribution in [0, 0.1) is 0 Å². The molecule has 1 aromatic heterocycles. The zero-order chi connectivity index (χ0) is 21.9. The van der Waals surface area contributed by atoms with Crippen molar-refractivity contribution in [2.24, 2.45) is 12.1 Å². The highest BCUT2D eigenvalue weighted by molar-refractivity contribution is 8.08. The largest absolute Gasteiger partial charge is 0.337 e. The third-order valence-electron chi connectivity index (χ3n) is 5.24. The van der Waals surface area contributed by atoms with Crippen molar-refractivity contribution in [3.63, 3.8) is 0 Å². The molecule has 3 aromatic rings. The lowest BCUT2D eigenvalue weighted by Gasteiger charge is -2.11. The number of carbonyl (C=O) groups is 1. The second-order valence-electron chi connectivity index (χ2n) is 7.19. The highest BCUT2D eigenvalue weighted by atomic mass is 35.5. The first-order valence-electron chi connectivity index (χ1n) is 9.47. The summed E-state index contributed by atoms with van der Waals surface area (Å²) in [6, 6.07) is 15.0. The molecule has 0 N–H and O–H groups in total. The lowest BCUT2D eigenvalue weighted by molar-refractivity contribution is -0.112. The van der Waals surface area contributed by atoms with E-state index in [-0.39, 0.29) is 11.5 Å². The number of thioether (sulfide) groups is 1. The van der Waals surface area contributed by atoms with E-state index in [1.807, 2.05) is 36.2 Å². The molecule has 5 rings (SSSR count). The van der Waals surface area contributed by atoms with Crippen LogP contribution in [0.1, 0.15) is 6.92 Å². The van der Waals surface area contributed by atoms with Crippen LogP contribution in [0.25, 0.3) is 10.6 Å². The summed E-state index contributed by atoms with van der Waals surface area (Å²) < 4.78 is 2.75. The Hall–Kier alpha value is -2.81. The van der Waals surface area contributed by atoms with Crippen molar-refractivity contribution in [2.45, 2.75) is 11.8 Å². The molecule has 0 saturated heterocycles. The van der Waals surface area contributed by atoms with E-state index in [0.717, 1.165) is 15.6 Å². The molecule has 0 atom stereocenters. The number of amides is 1. The third-order valence-corrected chi connectivity index (χ3v) is 8.10. The smallest absolute Gasteiger partial charge is 0.283 e. The highest BCUT2D eigenvalue weighted by Crippen LogP contribution is 2.44. The molecule has 0 radical (unpaired) electrons. The van der Waals surface area contributed by atoms with Crippen LogP contribution in [-0.2, 0) is 11.8 Å². The normalized spacial score (nSPS) is 19.2. The van der Waals surface area contributed by atoms with E-state index in [9.17, 15) is 9.59 Å². The van der Waals surface area contributed by atoms with Crippen molar-refractivity contribution in [3.8, 4) is 0 Å². The van der Waals surface area contributed by atoms with Crippen LogP contribution in [0.15, 0.2) is 63.3 Å². The van der Waals surface area contributed by atoms with Gasteiger partial charge < -0.3 is 9.47 Å². The fraction of sp³-hybridized carbons (Fsp3) is 0.136. The minimum atomic E-state index is -0.260. The van der Waals surface area contributed by atoms with Gasteiger partial charge in [-0.1, -0.05) is 35.5 Å². The number of hydrogen-bond donors (Lipinski definition) is 0.